The Balaban J connectivity index is 2.32. The van der Waals surface area contributed by atoms with Crippen molar-refractivity contribution < 1.29 is 9.13 Å². The van der Waals surface area contributed by atoms with Crippen LogP contribution in [-0.2, 0) is 0 Å². The summed E-state index contributed by atoms with van der Waals surface area (Å²) < 4.78 is 19.4. The number of benzene rings is 1. The van der Waals surface area contributed by atoms with Gasteiger partial charge in [0.05, 0.1) is 23.0 Å². The minimum atomic E-state index is -0.338. The molecule has 0 radical (unpaired) electrons. The summed E-state index contributed by atoms with van der Waals surface area (Å²) in [6.45, 7) is 0. The van der Waals surface area contributed by atoms with Gasteiger partial charge in [-0.15, -0.1) is 0 Å². The second-order valence-electron chi connectivity index (χ2n) is 3.33. The number of rotatable bonds is 3. The Morgan fingerprint density at radius 3 is 2.82 bits per heavy atom. The van der Waals surface area contributed by atoms with Crippen LogP contribution in [0.5, 0.6) is 5.75 Å². The summed E-state index contributed by atoms with van der Waals surface area (Å²) in [7, 11) is 1.54. The fourth-order valence-corrected chi connectivity index (χ4v) is 1.70. The van der Waals surface area contributed by atoms with Crippen molar-refractivity contribution in [2.24, 2.45) is 0 Å². The molecule has 0 bridgehead atoms. The third-order valence-corrected chi connectivity index (χ3v) is 2.85. The molecule has 0 spiro atoms. The van der Waals surface area contributed by atoms with Gasteiger partial charge in [0.25, 0.3) is 0 Å². The molecule has 1 N–H and O–H groups in total. The Morgan fingerprint density at radius 2 is 2.12 bits per heavy atom. The summed E-state index contributed by atoms with van der Waals surface area (Å²) in [4.78, 5) is 3.94. The monoisotopic (exact) mass is 296 g/mol. The molecule has 2 aromatic rings. The van der Waals surface area contributed by atoms with Crippen LogP contribution in [-0.4, -0.2) is 12.1 Å². The number of methoxy groups -OCH3 is 1. The van der Waals surface area contributed by atoms with Crippen LogP contribution >= 0.6 is 15.9 Å². The van der Waals surface area contributed by atoms with Crippen molar-refractivity contribution in [2.75, 3.05) is 12.4 Å². The number of hydrogen-bond donors (Lipinski definition) is 1. The van der Waals surface area contributed by atoms with Gasteiger partial charge in [0.15, 0.2) is 0 Å². The highest BCUT2D eigenvalue weighted by molar-refractivity contribution is 9.10. The minimum Gasteiger partial charge on any atom is -0.497 e. The number of anilines is 2. The molecule has 0 aliphatic heterocycles. The summed E-state index contributed by atoms with van der Waals surface area (Å²) in [6, 6.07) is 6.28. The number of aromatic nitrogens is 1. The fraction of sp³-hybridized carbons (Fsp3) is 0.0833. The first-order chi connectivity index (χ1) is 8.20. The third-order valence-electron chi connectivity index (χ3n) is 2.22. The predicted molar refractivity (Wildman–Crippen MR) is 68.2 cm³/mol. The molecule has 2 rings (SSSR count). The van der Waals surface area contributed by atoms with Gasteiger partial charge in [0, 0.05) is 18.5 Å². The standard InChI is InChI=1S/C12H10BrFN2O/c1-17-8-2-3-10(14)12(6-8)16-11-4-5-15-7-9(11)13/h2-7H,1H3,(H,15,16). The average Bonchev–Trinajstić information content (AvgIpc) is 2.35. The van der Waals surface area contributed by atoms with Crippen molar-refractivity contribution in [3.8, 4) is 5.75 Å². The summed E-state index contributed by atoms with van der Waals surface area (Å²) in [5.74, 6) is 0.258. The van der Waals surface area contributed by atoms with Crippen molar-refractivity contribution in [3.63, 3.8) is 0 Å². The Morgan fingerprint density at radius 1 is 1.29 bits per heavy atom. The van der Waals surface area contributed by atoms with Crippen molar-refractivity contribution in [1.29, 1.82) is 0 Å². The molecule has 0 aliphatic rings. The molecule has 1 heterocycles. The Bertz CT molecular complexity index is 534. The van der Waals surface area contributed by atoms with Crippen LogP contribution in [0.4, 0.5) is 15.8 Å². The zero-order chi connectivity index (χ0) is 12.3. The second-order valence-corrected chi connectivity index (χ2v) is 4.18. The van der Waals surface area contributed by atoms with E-state index in [1.807, 2.05) is 0 Å². The van der Waals surface area contributed by atoms with E-state index in [4.69, 9.17) is 4.74 Å². The van der Waals surface area contributed by atoms with Gasteiger partial charge in [-0.05, 0) is 34.1 Å². The third kappa shape index (κ3) is 2.74. The second kappa shape index (κ2) is 5.14. The molecule has 3 nitrogen and oxygen atoms in total. The Kier molecular flexibility index (Phi) is 3.58. The van der Waals surface area contributed by atoms with E-state index in [2.05, 4.69) is 26.2 Å². The van der Waals surface area contributed by atoms with E-state index >= 15 is 0 Å². The molecule has 0 saturated heterocycles. The zero-order valence-corrected chi connectivity index (χ0v) is 10.7. The van der Waals surface area contributed by atoms with Crippen molar-refractivity contribution in [2.45, 2.75) is 0 Å². The van der Waals surface area contributed by atoms with Gasteiger partial charge in [-0.3, -0.25) is 4.98 Å². The van der Waals surface area contributed by atoms with Gasteiger partial charge in [0.2, 0.25) is 0 Å². The quantitative estimate of drug-likeness (QED) is 0.937. The normalized spacial score (nSPS) is 10.1. The van der Waals surface area contributed by atoms with Crippen molar-refractivity contribution >= 4 is 27.3 Å². The highest BCUT2D eigenvalue weighted by atomic mass is 79.9. The van der Waals surface area contributed by atoms with Crippen molar-refractivity contribution in [3.05, 3.63) is 46.9 Å². The number of hydrogen-bond acceptors (Lipinski definition) is 3. The molecule has 0 atom stereocenters. The number of nitrogens with zero attached hydrogens (tertiary/aromatic N) is 1. The first-order valence-electron chi connectivity index (χ1n) is 4.91. The van der Waals surface area contributed by atoms with Crippen LogP contribution < -0.4 is 10.1 Å². The Labute approximate surface area is 107 Å². The molecule has 1 aromatic heterocycles. The van der Waals surface area contributed by atoms with E-state index in [1.54, 1.807) is 37.7 Å². The van der Waals surface area contributed by atoms with E-state index in [9.17, 15) is 4.39 Å². The molecule has 1 aromatic carbocycles. The minimum absolute atomic E-state index is 0.338. The van der Waals surface area contributed by atoms with Gasteiger partial charge in [0.1, 0.15) is 11.6 Å². The average molecular weight is 297 g/mol. The molecule has 17 heavy (non-hydrogen) atoms. The van der Waals surface area contributed by atoms with E-state index < -0.39 is 0 Å². The van der Waals surface area contributed by atoms with Crippen LogP contribution in [0.1, 0.15) is 0 Å². The van der Waals surface area contributed by atoms with E-state index in [1.165, 1.54) is 6.07 Å². The predicted octanol–water partition coefficient (Wildman–Crippen LogP) is 3.74. The topological polar surface area (TPSA) is 34.1 Å². The van der Waals surface area contributed by atoms with Gasteiger partial charge in [-0.1, -0.05) is 0 Å². The molecule has 0 unspecified atom stereocenters. The van der Waals surface area contributed by atoms with E-state index in [0.717, 1.165) is 10.2 Å². The molecule has 0 saturated carbocycles. The fourth-order valence-electron chi connectivity index (χ4n) is 1.35. The smallest absolute Gasteiger partial charge is 0.146 e. The van der Waals surface area contributed by atoms with Crippen LogP contribution in [0.3, 0.4) is 0 Å². The lowest BCUT2D eigenvalue weighted by Gasteiger charge is -2.10. The maximum absolute atomic E-state index is 13.6. The number of halogens is 2. The number of ether oxygens (including phenoxy) is 1. The maximum atomic E-state index is 13.6. The van der Waals surface area contributed by atoms with Crippen molar-refractivity contribution in [1.82, 2.24) is 4.98 Å². The molecule has 0 fully saturated rings. The molecule has 88 valence electrons. The largest absolute Gasteiger partial charge is 0.497 e. The molecule has 5 heteroatoms. The highest BCUT2D eigenvalue weighted by Crippen LogP contribution is 2.28. The molecule has 0 aliphatic carbocycles. The highest BCUT2D eigenvalue weighted by Gasteiger charge is 2.06. The maximum Gasteiger partial charge on any atom is 0.146 e. The summed E-state index contributed by atoms with van der Waals surface area (Å²) in [5, 5.41) is 2.97. The van der Waals surface area contributed by atoms with Gasteiger partial charge < -0.3 is 10.1 Å². The first kappa shape index (κ1) is 11.9. The van der Waals surface area contributed by atoms with Gasteiger partial charge in [-0.25, -0.2) is 4.39 Å². The summed E-state index contributed by atoms with van der Waals surface area (Å²) in [5.41, 5.74) is 1.10. The lowest BCUT2D eigenvalue weighted by atomic mass is 10.2. The van der Waals surface area contributed by atoms with E-state index in [0.29, 0.717) is 11.4 Å². The molecule has 0 amide bonds. The van der Waals surface area contributed by atoms with Crippen LogP contribution in [0.15, 0.2) is 41.1 Å². The van der Waals surface area contributed by atoms with Crippen LogP contribution in [0, 0.1) is 5.82 Å². The van der Waals surface area contributed by atoms with Gasteiger partial charge >= 0.3 is 0 Å². The SMILES string of the molecule is COc1ccc(F)c(Nc2ccncc2Br)c1. The summed E-state index contributed by atoms with van der Waals surface area (Å²) >= 11 is 3.34. The van der Waals surface area contributed by atoms with E-state index in [-0.39, 0.29) is 5.82 Å². The molecular weight excluding hydrogens is 287 g/mol. The Hall–Kier alpha value is -1.62. The lowest BCUT2D eigenvalue weighted by molar-refractivity contribution is 0.414. The van der Waals surface area contributed by atoms with Gasteiger partial charge in [-0.2, -0.15) is 0 Å². The number of pyridine rings is 1. The zero-order valence-electron chi connectivity index (χ0n) is 9.08. The lowest BCUT2D eigenvalue weighted by Crippen LogP contribution is -1.96. The molecular formula is C12H10BrFN2O. The number of nitrogens with one attached hydrogen (secondary N) is 1. The first-order valence-corrected chi connectivity index (χ1v) is 5.70. The summed E-state index contributed by atoms with van der Waals surface area (Å²) in [6.07, 6.45) is 3.27. The van der Waals surface area contributed by atoms with Crippen LogP contribution in [0.2, 0.25) is 0 Å². The van der Waals surface area contributed by atoms with Crippen LogP contribution in [0.25, 0.3) is 0 Å².